The summed E-state index contributed by atoms with van der Waals surface area (Å²) in [5.41, 5.74) is 0. The van der Waals surface area contributed by atoms with Gasteiger partial charge in [-0.15, -0.1) is 0 Å². The van der Waals surface area contributed by atoms with Gasteiger partial charge in [-0.3, -0.25) is 0 Å². The molecular formula is C60. The Labute approximate surface area is 321 Å². The molecule has 0 spiro atoms. The predicted molar refractivity (Wildman–Crippen MR) is 261 cm³/mol. The predicted octanol–water partition coefficient (Wildman–Crippen LogP) is 17.7. The molecular weight excluding hydrogens is 722 g/mol. The first kappa shape index (κ1) is 20.3. The minimum absolute atomic E-state index is 1.67. The largest absolute Gasteiger partial charge is 0 e. The van der Waals surface area contributed by atoms with Crippen molar-refractivity contribution in [2.24, 2.45) is 0 Å². The standard InChI is InChI=1S/C60/c1-2-5-6-3(1)8-12-10-4(1)9-11-7(2)17-21-13(5)23-24-14(6)22-18(8)28-20(12)30-26-16(10)15(9)25-29-19(11)27(17)37-41-31(21)33(23)43-44-34(24)32(22)42-38(28)48-40(30)46-36(26)35(25)45-39(29)47(37)55-49(41)51(43)57-52(44)50(42)56(48)59-54(46)53(45)58(55)60(57)59/i1+1. The van der Waals surface area contributed by atoms with E-state index in [4.69, 9.17) is 0 Å². The van der Waals surface area contributed by atoms with Gasteiger partial charge in [-0.05, 0) is 0 Å². The quantitative estimate of drug-likeness (QED) is 0.137. The fourth-order valence-electron chi connectivity index (χ4n) is 22.5. The lowest BCUT2D eigenvalue weighted by atomic mass is 9.88. The molecule has 32 aromatic carbocycles. The molecule has 0 atom stereocenters. The Morgan fingerprint density at radius 3 is 0.0667 bits per heavy atom. The molecule has 0 N–H and O–H groups in total. The maximum atomic E-state index is 1.67. The summed E-state index contributed by atoms with van der Waals surface area (Å²) in [4.78, 5) is 0. The molecule has 0 unspecified atom stereocenters. The van der Waals surface area contributed by atoms with Gasteiger partial charge >= 0.3 is 0 Å². The summed E-state index contributed by atoms with van der Waals surface area (Å²) in [5.74, 6) is 0. The van der Waals surface area contributed by atoms with Crippen LogP contribution >= 0.6 is 0 Å². The zero-order valence-electron chi connectivity index (χ0n) is 30.0. The first-order valence-corrected chi connectivity index (χ1v) is 22.5. The molecule has 60 heavy (non-hydrogen) atoms. The Balaban J connectivity index is 1.37. The molecule has 0 aromatic heterocycles. The van der Waals surface area contributed by atoms with Crippen LogP contribution in [0.4, 0.5) is 0 Å². The maximum Gasteiger partial charge on any atom is 0 e. The van der Waals surface area contributed by atoms with Gasteiger partial charge in [-0.25, -0.2) is 0 Å². The molecule has 32 aromatic rings. The third-order valence-electron chi connectivity index (χ3n) is 22.5. The second kappa shape index (κ2) is 4.35. The minimum atomic E-state index is 1.67. The lowest BCUT2D eigenvalue weighted by Gasteiger charge is -2.14. The van der Waals surface area contributed by atoms with Crippen LogP contribution < -0.4 is 0 Å². The van der Waals surface area contributed by atoms with Crippen molar-refractivity contribution in [2.45, 2.75) is 0 Å². The smallest absolute Gasteiger partial charge is 0 e. The number of rotatable bonds is 0. The third kappa shape index (κ3) is 0.980. The van der Waals surface area contributed by atoms with Gasteiger partial charge in [0.05, 0.1) is 0 Å². The van der Waals surface area contributed by atoms with Crippen LogP contribution in [0, 0.1) is 0 Å². The van der Waals surface area contributed by atoms with Crippen LogP contribution in [0.15, 0.2) is 0 Å². The van der Waals surface area contributed by atoms with Crippen molar-refractivity contribution in [1.82, 2.24) is 0 Å². The topological polar surface area (TPSA) is 0 Å². The molecule has 0 aliphatic heterocycles. The summed E-state index contributed by atoms with van der Waals surface area (Å²) in [6.45, 7) is 0. The lowest BCUT2D eigenvalue weighted by molar-refractivity contribution is 2.21. The van der Waals surface area contributed by atoms with Gasteiger partial charge in [0.15, 0.2) is 0 Å². The SMILES string of the molecule is c12c3c4c5c1c1c6c7c2c2c8c3c3c9c4c4c%10c5c5c1c1c6c6c%11c7c2c2c7c8c3c3c8c9c4c4c9c%10c5c5c1c1c6c6c%11c2c2c7c3c3c8c4c4c9c5c1c1c6c2c3[13c]41. The summed E-state index contributed by atoms with van der Waals surface area (Å²) in [7, 11) is 0. The normalized spacial score (nSPS) is 18.0. The van der Waals surface area contributed by atoms with E-state index >= 15 is 0 Å². The molecule has 0 heterocycles. The summed E-state index contributed by atoms with van der Waals surface area (Å²) >= 11 is 0. The van der Waals surface area contributed by atoms with Crippen molar-refractivity contribution in [3.63, 3.8) is 0 Å². The van der Waals surface area contributed by atoms with Crippen LogP contribution in [0.1, 0.15) is 0 Å². The molecule has 0 amide bonds. The summed E-state index contributed by atoms with van der Waals surface area (Å²) in [5, 5.41) is 100. The van der Waals surface area contributed by atoms with Gasteiger partial charge < -0.3 is 0 Å². The Morgan fingerprint density at radius 1 is 0.0333 bits per heavy atom. The monoisotopic (exact) mass is 721 g/mol. The summed E-state index contributed by atoms with van der Waals surface area (Å²) in [6, 6.07) is 0. The molecule has 0 heteroatoms. The van der Waals surface area contributed by atoms with Gasteiger partial charge in [-0.2, -0.15) is 0 Å². The molecule has 0 aliphatic carbocycles. The van der Waals surface area contributed by atoms with Crippen molar-refractivity contribution < 1.29 is 0 Å². The van der Waals surface area contributed by atoms with E-state index in [0.717, 1.165) is 0 Å². The van der Waals surface area contributed by atoms with Crippen LogP contribution in [0.5, 0.6) is 0 Å². The van der Waals surface area contributed by atoms with E-state index in [1.807, 2.05) is 0 Å². The molecule has 0 saturated carbocycles. The van der Waals surface area contributed by atoms with Crippen LogP contribution in [0.3, 0.4) is 0 Å². The Morgan fingerprint density at radius 2 is 0.0500 bits per heavy atom. The average molecular weight is 722 g/mol. The molecule has 32 rings (SSSR count). The van der Waals surface area contributed by atoms with Crippen molar-refractivity contribution in [2.75, 3.05) is 0 Å². The zero-order chi connectivity index (χ0) is 34.6. The highest BCUT2D eigenvalue weighted by molar-refractivity contribution is 6.85. The van der Waals surface area contributed by atoms with E-state index in [1.165, 1.54) is 0 Å². The van der Waals surface area contributed by atoms with E-state index in [0.29, 0.717) is 0 Å². The first-order chi connectivity index (χ1) is 30.0. The van der Waals surface area contributed by atoms with E-state index in [9.17, 15) is 0 Å². The van der Waals surface area contributed by atoms with E-state index in [1.54, 1.807) is 323 Å². The molecule has 0 fully saturated rings. The Hall–Kier alpha value is -7.80. The van der Waals surface area contributed by atoms with Crippen molar-refractivity contribution in [3.8, 4) is 0 Å². The van der Waals surface area contributed by atoms with Gasteiger partial charge in [0.1, 0.15) is 0 Å². The van der Waals surface area contributed by atoms with E-state index in [-0.39, 0.29) is 0 Å². The highest BCUT2D eigenvalue weighted by atomic mass is 14.6. The van der Waals surface area contributed by atoms with Crippen LogP contribution in [0.2, 0.25) is 0 Å². The number of hydrogen-bond acceptors (Lipinski definition) is 0. The highest BCUT2D eigenvalue weighted by Gasteiger charge is 2.51. The number of benzene rings is 20. The lowest BCUT2D eigenvalue weighted by Crippen LogP contribution is -1.84. The zero-order valence-corrected chi connectivity index (χ0v) is 30.0. The fourth-order valence-corrected chi connectivity index (χ4v) is 22.5. The second-order valence-corrected chi connectivity index (χ2v) is 22.5. The minimum Gasteiger partial charge on any atom is 0 e. The Bertz CT molecular complexity index is 4020. The Kier molecular flexibility index (Phi) is 1.47. The van der Waals surface area contributed by atoms with Gasteiger partial charge in [0.2, 0.25) is 0 Å². The first-order valence-electron chi connectivity index (χ1n) is 22.5. The molecule has 240 valence electrons. The fraction of sp³-hybridized carbons (Fsp3) is 0. The van der Waals surface area contributed by atoms with Crippen molar-refractivity contribution >= 4 is 323 Å². The van der Waals surface area contributed by atoms with Crippen molar-refractivity contribution in [1.29, 1.82) is 0 Å². The molecule has 0 saturated heterocycles. The van der Waals surface area contributed by atoms with Crippen LogP contribution in [-0.4, -0.2) is 0 Å². The molecule has 0 aliphatic rings. The van der Waals surface area contributed by atoms with E-state index < -0.39 is 0 Å². The third-order valence-corrected chi connectivity index (χ3v) is 22.5. The average Bonchev–Trinajstić information content (AvgIpc) is 4.09. The van der Waals surface area contributed by atoms with Crippen molar-refractivity contribution in [3.05, 3.63) is 0 Å². The molecule has 0 bridgehead atoms. The summed E-state index contributed by atoms with van der Waals surface area (Å²) < 4.78 is 0. The second-order valence-electron chi connectivity index (χ2n) is 22.5. The van der Waals surface area contributed by atoms with E-state index in [2.05, 4.69) is 0 Å². The molecule has 0 nitrogen and oxygen atoms in total. The maximum absolute atomic E-state index is 1.67. The summed E-state index contributed by atoms with van der Waals surface area (Å²) in [6.07, 6.45) is 0. The van der Waals surface area contributed by atoms with Crippen LogP contribution in [-0.2, 0) is 0 Å². The highest BCUT2D eigenvalue weighted by Crippen LogP contribution is 2.80. The van der Waals surface area contributed by atoms with Gasteiger partial charge in [-0.1, -0.05) is 0 Å². The molecule has 0 radical (unpaired) electrons. The van der Waals surface area contributed by atoms with Gasteiger partial charge in [0, 0.05) is 323 Å². The number of hydrogen-bond donors (Lipinski definition) is 0. The van der Waals surface area contributed by atoms with Crippen LogP contribution in [0.25, 0.3) is 323 Å². The van der Waals surface area contributed by atoms with Gasteiger partial charge in [0.25, 0.3) is 0 Å².